The Hall–Kier alpha value is -2.58. The first-order valence-electron chi connectivity index (χ1n) is 9.25. The van der Waals surface area contributed by atoms with Gasteiger partial charge in [-0.3, -0.25) is 0 Å². The molecule has 0 aliphatic heterocycles. The minimum atomic E-state index is -3.39. The van der Waals surface area contributed by atoms with Crippen LogP contribution >= 0.6 is 0 Å². The molecule has 4 aromatic carbocycles. The van der Waals surface area contributed by atoms with Crippen LogP contribution in [0.1, 0.15) is 5.56 Å². The van der Waals surface area contributed by atoms with Gasteiger partial charge in [0.1, 0.15) is 0 Å². The van der Waals surface area contributed by atoms with Gasteiger partial charge in [-0.15, -0.1) is 0 Å². The second kappa shape index (κ2) is 7.97. The van der Waals surface area contributed by atoms with Gasteiger partial charge < -0.3 is 0 Å². The molecule has 0 N–H and O–H groups in total. The quantitative estimate of drug-likeness (QED) is 0.405. The van der Waals surface area contributed by atoms with Gasteiger partial charge in [0.05, 0.1) is 0 Å². The normalized spacial score (nSPS) is 11.1. The molecule has 0 radical (unpaired) electrons. The number of benzene rings is 4. The molecule has 0 aromatic heterocycles. The van der Waals surface area contributed by atoms with E-state index in [9.17, 15) is 0 Å². The summed E-state index contributed by atoms with van der Waals surface area (Å²) in [5, 5.41) is 0. The molecule has 0 aliphatic rings. The monoisotopic (exact) mass is 454 g/mol. The van der Waals surface area contributed by atoms with Crippen molar-refractivity contribution in [1.29, 1.82) is 0 Å². The van der Waals surface area contributed by atoms with Crippen molar-refractivity contribution in [3.63, 3.8) is 0 Å². The fourth-order valence-corrected chi connectivity index (χ4v) is 17.5. The van der Waals surface area contributed by atoms with Crippen molar-refractivity contribution in [2.75, 3.05) is 0 Å². The summed E-state index contributed by atoms with van der Waals surface area (Å²) in [7, 11) is 0. The third-order valence-electron chi connectivity index (χ3n) is 5.20. The summed E-state index contributed by atoms with van der Waals surface area (Å²) in [6.45, 7) is 3.91. The fourth-order valence-electron chi connectivity index (χ4n) is 3.93. The molecule has 130 valence electrons. The molecular weight excluding hydrogens is 431 g/mol. The van der Waals surface area contributed by atoms with Crippen LogP contribution in [0.5, 0.6) is 0 Å². The predicted molar refractivity (Wildman–Crippen MR) is 120 cm³/mol. The summed E-state index contributed by atoms with van der Waals surface area (Å²) < 4.78 is 5.86. The maximum absolute atomic E-state index is 3.91. The topological polar surface area (TPSA) is 0 Å². The van der Waals surface area contributed by atoms with Crippen molar-refractivity contribution in [2.24, 2.45) is 0 Å². The van der Waals surface area contributed by atoms with Gasteiger partial charge in [-0.25, -0.2) is 0 Å². The SMILES string of the molecule is C=Cc1cc[c]([Sn]([c]2ccccc2)([c]2ccccc2)[c]2ccccc2)cc1. The second-order valence-electron chi connectivity index (χ2n) is 6.67. The molecule has 0 saturated carbocycles. The number of hydrogen-bond donors (Lipinski definition) is 0. The Labute approximate surface area is 165 Å². The van der Waals surface area contributed by atoms with Crippen molar-refractivity contribution in [3.8, 4) is 0 Å². The Morgan fingerprint density at radius 1 is 0.444 bits per heavy atom. The van der Waals surface area contributed by atoms with Crippen LogP contribution in [0.3, 0.4) is 0 Å². The van der Waals surface area contributed by atoms with E-state index in [1.165, 1.54) is 14.3 Å². The molecular formula is C26H22Sn. The van der Waals surface area contributed by atoms with Gasteiger partial charge in [0.25, 0.3) is 0 Å². The molecule has 0 aliphatic carbocycles. The standard InChI is InChI=1S/C8H7.3C6H5.Sn/c1-2-8-6-4-3-5-7-8;3*1-2-4-6-5-3-1;/h2,4-7H,1H2;3*1-5H;. The maximum atomic E-state index is 3.91. The molecule has 0 bridgehead atoms. The van der Waals surface area contributed by atoms with E-state index >= 15 is 0 Å². The molecule has 0 heterocycles. The molecule has 27 heavy (non-hydrogen) atoms. The summed E-state index contributed by atoms with van der Waals surface area (Å²) in [5.74, 6) is 0. The van der Waals surface area contributed by atoms with Gasteiger partial charge in [-0.2, -0.15) is 0 Å². The zero-order valence-corrected chi connectivity index (χ0v) is 18.1. The fraction of sp³-hybridized carbons (Fsp3) is 0. The Morgan fingerprint density at radius 3 is 1.11 bits per heavy atom. The molecule has 1 heteroatoms. The third kappa shape index (κ3) is 3.26. The molecule has 4 aromatic rings. The van der Waals surface area contributed by atoms with E-state index in [0.717, 1.165) is 5.56 Å². The van der Waals surface area contributed by atoms with Crippen LogP contribution in [0.4, 0.5) is 0 Å². The molecule has 0 saturated heterocycles. The average molecular weight is 453 g/mol. The molecule has 0 nitrogen and oxygen atoms in total. The van der Waals surface area contributed by atoms with Crippen LogP contribution in [-0.2, 0) is 0 Å². The zero-order valence-electron chi connectivity index (χ0n) is 15.3. The average Bonchev–Trinajstić information content (AvgIpc) is 2.77. The molecule has 0 amide bonds. The second-order valence-corrected chi connectivity index (χ2v) is 17.5. The van der Waals surface area contributed by atoms with Crippen LogP contribution < -0.4 is 14.3 Å². The van der Waals surface area contributed by atoms with Gasteiger partial charge in [0, 0.05) is 0 Å². The van der Waals surface area contributed by atoms with Crippen LogP contribution in [0.25, 0.3) is 6.08 Å². The first-order valence-corrected chi connectivity index (χ1v) is 15.0. The van der Waals surface area contributed by atoms with Crippen LogP contribution in [0.2, 0.25) is 0 Å². The van der Waals surface area contributed by atoms with Crippen molar-refractivity contribution in [2.45, 2.75) is 0 Å². The summed E-state index contributed by atoms with van der Waals surface area (Å²) in [4.78, 5) is 0. The Bertz CT molecular complexity index is 907. The Morgan fingerprint density at radius 2 is 0.778 bits per heavy atom. The first kappa shape index (κ1) is 17.8. The summed E-state index contributed by atoms with van der Waals surface area (Å²) in [6.07, 6.45) is 1.91. The van der Waals surface area contributed by atoms with Crippen molar-refractivity contribution in [1.82, 2.24) is 0 Å². The van der Waals surface area contributed by atoms with Gasteiger partial charge in [-0.05, 0) is 0 Å². The molecule has 4 rings (SSSR count). The van der Waals surface area contributed by atoms with E-state index in [4.69, 9.17) is 0 Å². The van der Waals surface area contributed by atoms with Crippen LogP contribution in [-0.4, -0.2) is 18.4 Å². The zero-order chi connectivity index (χ0) is 18.5. The van der Waals surface area contributed by atoms with Crippen LogP contribution in [0, 0.1) is 0 Å². The van der Waals surface area contributed by atoms with Gasteiger partial charge >= 0.3 is 166 Å². The van der Waals surface area contributed by atoms with Crippen molar-refractivity contribution in [3.05, 3.63) is 127 Å². The number of rotatable bonds is 5. The molecule has 0 fully saturated rings. The first-order chi connectivity index (χ1) is 13.4. The number of hydrogen-bond acceptors (Lipinski definition) is 0. The van der Waals surface area contributed by atoms with E-state index in [1.54, 1.807) is 0 Å². The van der Waals surface area contributed by atoms with Gasteiger partial charge in [0.15, 0.2) is 0 Å². The summed E-state index contributed by atoms with van der Waals surface area (Å²) in [5.41, 5.74) is 1.16. The van der Waals surface area contributed by atoms with E-state index in [0.29, 0.717) is 0 Å². The van der Waals surface area contributed by atoms with E-state index in [1.807, 2.05) is 6.08 Å². The molecule has 0 atom stereocenters. The van der Waals surface area contributed by atoms with Crippen LogP contribution in [0.15, 0.2) is 122 Å². The molecule has 0 unspecified atom stereocenters. The Balaban J connectivity index is 2.10. The van der Waals surface area contributed by atoms with E-state index in [-0.39, 0.29) is 0 Å². The van der Waals surface area contributed by atoms with Crippen molar-refractivity contribution >= 4 is 38.8 Å². The van der Waals surface area contributed by atoms with Crippen molar-refractivity contribution < 1.29 is 0 Å². The predicted octanol–water partition coefficient (Wildman–Crippen LogP) is 3.71. The Kier molecular flexibility index (Phi) is 5.26. The van der Waals surface area contributed by atoms with Gasteiger partial charge in [-0.1, -0.05) is 0 Å². The van der Waals surface area contributed by atoms with E-state index in [2.05, 4.69) is 122 Å². The van der Waals surface area contributed by atoms with Gasteiger partial charge in [0.2, 0.25) is 0 Å². The van der Waals surface area contributed by atoms with E-state index < -0.39 is 18.4 Å². The summed E-state index contributed by atoms with van der Waals surface area (Å²) in [6, 6.07) is 42.3. The third-order valence-corrected chi connectivity index (χ3v) is 18.9. The minimum absolute atomic E-state index is 1.16. The molecule has 0 spiro atoms. The summed E-state index contributed by atoms with van der Waals surface area (Å²) >= 11 is -3.39.